The Labute approximate surface area is 103 Å². The third-order valence-corrected chi connectivity index (χ3v) is 3.48. The third kappa shape index (κ3) is 2.74. The van der Waals surface area contributed by atoms with Crippen LogP contribution >= 0.6 is 15.9 Å². The van der Waals surface area contributed by atoms with Crippen molar-refractivity contribution in [2.45, 2.75) is 19.4 Å². The summed E-state index contributed by atoms with van der Waals surface area (Å²) in [5.74, 6) is 0.257. The molecule has 0 bridgehead atoms. The summed E-state index contributed by atoms with van der Waals surface area (Å²) < 4.78 is 19.7. The van der Waals surface area contributed by atoms with Crippen molar-refractivity contribution in [1.29, 1.82) is 0 Å². The molecule has 1 aromatic rings. The van der Waals surface area contributed by atoms with Crippen molar-refractivity contribution in [2.24, 2.45) is 5.92 Å². The average molecular weight is 288 g/mol. The number of hydrogen-bond acceptors (Lipinski definition) is 2. The largest absolute Gasteiger partial charge is 0.381 e. The Morgan fingerprint density at radius 2 is 2.38 bits per heavy atom. The Morgan fingerprint density at radius 3 is 3.06 bits per heavy atom. The first-order valence-corrected chi connectivity index (χ1v) is 6.25. The van der Waals surface area contributed by atoms with E-state index in [2.05, 4.69) is 28.2 Å². The van der Waals surface area contributed by atoms with Gasteiger partial charge in [-0.2, -0.15) is 0 Å². The molecular weight excluding hydrogens is 273 g/mol. The first kappa shape index (κ1) is 11.9. The van der Waals surface area contributed by atoms with Gasteiger partial charge in [0.05, 0.1) is 12.3 Å². The van der Waals surface area contributed by atoms with E-state index >= 15 is 0 Å². The number of hydrogen-bond donors (Lipinski definition) is 1. The van der Waals surface area contributed by atoms with Gasteiger partial charge in [-0.3, -0.25) is 0 Å². The lowest BCUT2D eigenvalue weighted by molar-refractivity contribution is 0.183. The highest BCUT2D eigenvalue weighted by Crippen LogP contribution is 2.24. The summed E-state index contributed by atoms with van der Waals surface area (Å²) >= 11 is 3.34. The maximum Gasteiger partial charge on any atom is 0.146 e. The zero-order chi connectivity index (χ0) is 11.5. The van der Waals surface area contributed by atoms with E-state index in [1.807, 2.05) is 0 Å². The normalized spacial score (nSPS) is 22.1. The van der Waals surface area contributed by atoms with Crippen LogP contribution in [-0.2, 0) is 4.74 Å². The van der Waals surface area contributed by atoms with Crippen LogP contribution in [0.3, 0.4) is 0 Å². The van der Waals surface area contributed by atoms with Gasteiger partial charge < -0.3 is 10.1 Å². The monoisotopic (exact) mass is 287 g/mol. The second kappa shape index (κ2) is 5.15. The first-order valence-electron chi connectivity index (χ1n) is 5.46. The van der Waals surface area contributed by atoms with Crippen molar-refractivity contribution in [3.63, 3.8) is 0 Å². The van der Waals surface area contributed by atoms with Crippen molar-refractivity contribution < 1.29 is 9.13 Å². The molecule has 1 fully saturated rings. The van der Waals surface area contributed by atoms with Crippen molar-refractivity contribution in [3.8, 4) is 0 Å². The maximum absolute atomic E-state index is 13.5. The minimum atomic E-state index is -0.214. The smallest absolute Gasteiger partial charge is 0.146 e. The molecule has 2 rings (SSSR count). The fourth-order valence-electron chi connectivity index (χ4n) is 1.92. The molecule has 2 unspecified atom stereocenters. The third-order valence-electron chi connectivity index (χ3n) is 2.98. The van der Waals surface area contributed by atoms with Crippen LogP contribution in [-0.4, -0.2) is 19.3 Å². The Bertz CT molecular complexity index is 366. The lowest BCUT2D eigenvalue weighted by atomic mass is 10.0. The van der Waals surface area contributed by atoms with Crippen LogP contribution in [0.15, 0.2) is 22.7 Å². The van der Waals surface area contributed by atoms with E-state index in [1.165, 1.54) is 6.07 Å². The second-order valence-electron chi connectivity index (χ2n) is 4.18. The maximum atomic E-state index is 13.5. The van der Waals surface area contributed by atoms with Gasteiger partial charge in [0.15, 0.2) is 0 Å². The van der Waals surface area contributed by atoms with Crippen LogP contribution in [0.5, 0.6) is 0 Å². The molecule has 0 aromatic heterocycles. The van der Waals surface area contributed by atoms with Gasteiger partial charge in [-0.1, -0.05) is 15.9 Å². The average Bonchev–Trinajstić information content (AvgIpc) is 2.76. The van der Waals surface area contributed by atoms with Gasteiger partial charge in [-0.05, 0) is 31.5 Å². The van der Waals surface area contributed by atoms with Crippen LogP contribution in [0.4, 0.5) is 10.1 Å². The quantitative estimate of drug-likeness (QED) is 0.920. The fourth-order valence-corrected chi connectivity index (χ4v) is 2.28. The molecular formula is C12H15BrFNO. The number of ether oxygens (including phenoxy) is 1. The number of benzene rings is 1. The topological polar surface area (TPSA) is 21.3 Å². The molecule has 0 radical (unpaired) electrons. The highest BCUT2D eigenvalue weighted by atomic mass is 79.9. The second-order valence-corrected chi connectivity index (χ2v) is 5.10. The van der Waals surface area contributed by atoms with Crippen LogP contribution < -0.4 is 5.32 Å². The molecule has 4 heteroatoms. The summed E-state index contributed by atoms with van der Waals surface area (Å²) in [6.07, 6.45) is 1.05. The predicted molar refractivity (Wildman–Crippen MR) is 66.1 cm³/mol. The number of rotatable bonds is 3. The first-order chi connectivity index (χ1) is 7.66. The van der Waals surface area contributed by atoms with Crippen molar-refractivity contribution in [1.82, 2.24) is 0 Å². The van der Waals surface area contributed by atoms with E-state index in [4.69, 9.17) is 4.74 Å². The zero-order valence-corrected chi connectivity index (χ0v) is 10.8. The Kier molecular flexibility index (Phi) is 3.82. The molecule has 0 aliphatic carbocycles. The van der Waals surface area contributed by atoms with E-state index in [0.29, 0.717) is 11.6 Å². The van der Waals surface area contributed by atoms with Crippen molar-refractivity contribution >= 4 is 21.6 Å². The van der Waals surface area contributed by atoms with Gasteiger partial charge in [-0.25, -0.2) is 4.39 Å². The number of anilines is 1. The fraction of sp³-hybridized carbons (Fsp3) is 0.500. The van der Waals surface area contributed by atoms with Crippen LogP contribution in [0.25, 0.3) is 0 Å². The van der Waals surface area contributed by atoms with Gasteiger partial charge in [0.2, 0.25) is 0 Å². The lowest BCUT2D eigenvalue weighted by Crippen LogP contribution is -2.26. The van der Waals surface area contributed by atoms with Gasteiger partial charge in [0.25, 0.3) is 0 Å². The van der Waals surface area contributed by atoms with Gasteiger partial charge in [-0.15, -0.1) is 0 Å². The molecule has 2 atom stereocenters. The van der Waals surface area contributed by atoms with Crippen LogP contribution in [0.2, 0.25) is 0 Å². The summed E-state index contributed by atoms with van der Waals surface area (Å²) in [7, 11) is 0. The van der Waals surface area contributed by atoms with E-state index in [1.54, 1.807) is 12.1 Å². The molecule has 0 amide bonds. The molecule has 1 N–H and O–H groups in total. The Balaban J connectivity index is 2.04. The molecule has 1 saturated heterocycles. The minimum absolute atomic E-state index is 0.214. The SMILES string of the molecule is CC(Nc1cc(Br)ccc1F)C1CCOC1. The predicted octanol–water partition coefficient (Wildman–Crippen LogP) is 3.43. The van der Waals surface area contributed by atoms with E-state index in [0.717, 1.165) is 24.1 Å². The number of halogens is 2. The Morgan fingerprint density at radius 1 is 1.56 bits per heavy atom. The molecule has 1 heterocycles. The van der Waals surface area contributed by atoms with Crippen molar-refractivity contribution in [2.75, 3.05) is 18.5 Å². The zero-order valence-electron chi connectivity index (χ0n) is 9.17. The van der Waals surface area contributed by atoms with Gasteiger partial charge >= 0.3 is 0 Å². The van der Waals surface area contributed by atoms with Gasteiger partial charge in [0.1, 0.15) is 5.82 Å². The molecule has 1 aromatic carbocycles. The summed E-state index contributed by atoms with van der Waals surface area (Å²) in [6, 6.07) is 5.15. The molecule has 1 aliphatic heterocycles. The van der Waals surface area contributed by atoms with Crippen molar-refractivity contribution in [3.05, 3.63) is 28.5 Å². The standard InChI is InChI=1S/C12H15BrFNO/c1-8(9-4-5-16-7-9)15-12-6-10(13)2-3-11(12)14/h2-3,6,8-9,15H,4-5,7H2,1H3. The van der Waals surface area contributed by atoms with Crippen LogP contribution in [0, 0.1) is 11.7 Å². The molecule has 16 heavy (non-hydrogen) atoms. The molecule has 2 nitrogen and oxygen atoms in total. The van der Waals surface area contributed by atoms with Gasteiger partial charge in [0, 0.05) is 23.0 Å². The lowest BCUT2D eigenvalue weighted by Gasteiger charge is -2.20. The van der Waals surface area contributed by atoms with E-state index in [9.17, 15) is 4.39 Å². The summed E-state index contributed by atoms with van der Waals surface area (Å²) in [5, 5.41) is 3.21. The van der Waals surface area contributed by atoms with Crippen LogP contribution in [0.1, 0.15) is 13.3 Å². The molecule has 0 saturated carbocycles. The van der Waals surface area contributed by atoms with E-state index in [-0.39, 0.29) is 11.9 Å². The minimum Gasteiger partial charge on any atom is -0.381 e. The Hall–Kier alpha value is -0.610. The molecule has 0 spiro atoms. The highest BCUT2D eigenvalue weighted by Gasteiger charge is 2.22. The van der Waals surface area contributed by atoms with E-state index < -0.39 is 0 Å². The molecule has 88 valence electrons. The summed E-state index contributed by atoms with van der Waals surface area (Å²) in [6.45, 7) is 3.65. The summed E-state index contributed by atoms with van der Waals surface area (Å²) in [4.78, 5) is 0. The molecule has 1 aliphatic rings. The number of nitrogens with one attached hydrogen (secondary N) is 1. The highest BCUT2D eigenvalue weighted by molar-refractivity contribution is 9.10. The summed E-state index contributed by atoms with van der Waals surface area (Å²) in [5.41, 5.74) is 0.550.